The van der Waals surface area contributed by atoms with Crippen LogP contribution in [0.3, 0.4) is 0 Å². The Labute approximate surface area is 139 Å². The Bertz CT molecular complexity index is 531. The van der Waals surface area contributed by atoms with Crippen LogP contribution in [0.1, 0.15) is 38.9 Å². The molecule has 2 unspecified atom stereocenters. The van der Waals surface area contributed by atoms with Crippen molar-refractivity contribution in [1.29, 1.82) is 0 Å². The molecule has 0 aromatic carbocycles. The van der Waals surface area contributed by atoms with E-state index in [9.17, 15) is 0 Å². The van der Waals surface area contributed by atoms with Gasteiger partial charge in [0.1, 0.15) is 5.82 Å². The van der Waals surface area contributed by atoms with Crippen molar-refractivity contribution in [2.45, 2.75) is 51.8 Å². The van der Waals surface area contributed by atoms with Crippen LogP contribution in [0.2, 0.25) is 0 Å². The molecule has 2 rings (SSSR count). The predicted octanol–water partition coefficient (Wildman–Crippen LogP) is 1.55. The second kappa shape index (κ2) is 6.97. The molecule has 130 valence electrons. The van der Waals surface area contributed by atoms with E-state index in [1.807, 2.05) is 26.1 Å². The molecule has 0 bridgehead atoms. The lowest BCUT2D eigenvalue weighted by molar-refractivity contribution is -0.158. The van der Waals surface area contributed by atoms with E-state index < -0.39 is 0 Å². The van der Waals surface area contributed by atoms with Crippen LogP contribution in [0.5, 0.6) is 0 Å². The number of ether oxygens (including phenoxy) is 1. The standard InChI is InChI=1S/C16H30N6O/c1-7-16(8-2)11(9-12(16)23-6)22(5)10-13-18-14(17)20-15(19-13)21(3)4/h11-12H,7-10H2,1-6H3,(H2,17,18,19,20). The average Bonchev–Trinajstić information content (AvgIpc) is 2.47. The summed E-state index contributed by atoms with van der Waals surface area (Å²) in [6, 6.07) is 0.475. The first kappa shape index (κ1) is 17.9. The van der Waals surface area contributed by atoms with E-state index in [1.54, 1.807) is 0 Å². The summed E-state index contributed by atoms with van der Waals surface area (Å²) < 4.78 is 5.69. The van der Waals surface area contributed by atoms with Gasteiger partial charge in [0.05, 0.1) is 12.6 Å². The van der Waals surface area contributed by atoms with E-state index in [0.29, 0.717) is 30.5 Å². The first-order valence-electron chi connectivity index (χ1n) is 8.28. The van der Waals surface area contributed by atoms with E-state index in [2.05, 4.69) is 40.7 Å². The van der Waals surface area contributed by atoms with Gasteiger partial charge in [-0.3, -0.25) is 4.90 Å². The summed E-state index contributed by atoms with van der Waals surface area (Å²) in [6.07, 6.45) is 3.61. The maximum Gasteiger partial charge on any atom is 0.229 e. The first-order valence-corrected chi connectivity index (χ1v) is 8.28. The fourth-order valence-electron chi connectivity index (χ4n) is 3.88. The van der Waals surface area contributed by atoms with Gasteiger partial charge in [0.25, 0.3) is 0 Å². The number of hydrogen-bond acceptors (Lipinski definition) is 7. The normalized spacial score (nSPS) is 22.9. The monoisotopic (exact) mass is 322 g/mol. The summed E-state index contributed by atoms with van der Waals surface area (Å²) >= 11 is 0. The quantitative estimate of drug-likeness (QED) is 0.815. The minimum atomic E-state index is 0.215. The van der Waals surface area contributed by atoms with Gasteiger partial charge in [-0.15, -0.1) is 0 Å². The van der Waals surface area contributed by atoms with Gasteiger partial charge in [-0.25, -0.2) is 0 Å². The molecule has 7 nitrogen and oxygen atoms in total. The zero-order chi connectivity index (χ0) is 17.2. The molecule has 0 saturated heterocycles. The summed E-state index contributed by atoms with van der Waals surface area (Å²) in [5, 5.41) is 0. The lowest BCUT2D eigenvalue weighted by atomic mass is 9.58. The van der Waals surface area contributed by atoms with Crippen molar-refractivity contribution < 1.29 is 4.74 Å². The highest BCUT2D eigenvalue weighted by molar-refractivity contribution is 5.32. The Balaban J connectivity index is 2.15. The average molecular weight is 322 g/mol. The third kappa shape index (κ3) is 3.26. The third-order valence-electron chi connectivity index (χ3n) is 5.35. The van der Waals surface area contributed by atoms with Crippen molar-refractivity contribution in [3.05, 3.63) is 5.82 Å². The molecule has 0 amide bonds. The molecule has 0 aliphatic heterocycles. The van der Waals surface area contributed by atoms with Crippen LogP contribution in [-0.2, 0) is 11.3 Å². The Morgan fingerprint density at radius 2 is 1.83 bits per heavy atom. The zero-order valence-corrected chi connectivity index (χ0v) is 15.2. The third-order valence-corrected chi connectivity index (χ3v) is 5.35. The van der Waals surface area contributed by atoms with Gasteiger partial charge in [0.15, 0.2) is 0 Å². The van der Waals surface area contributed by atoms with E-state index in [0.717, 1.165) is 19.3 Å². The van der Waals surface area contributed by atoms with Crippen molar-refractivity contribution in [2.24, 2.45) is 5.41 Å². The number of aromatic nitrogens is 3. The lowest BCUT2D eigenvalue weighted by Crippen LogP contribution is -2.63. The maximum absolute atomic E-state index is 5.82. The van der Waals surface area contributed by atoms with Crippen molar-refractivity contribution in [3.8, 4) is 0 Å². The predicted molar refractivity (Wildman–Crippen MR) is 92.3 cm³/mol. The number of nitrogen functional groups attached to an aromatic ring is 1. The number of methoxy groups -OCH3 is 1. The Kier molecular flexibility index (Phi) is 5.41. The molecule has 2 atom stereocenters. The van der Waals surface area contributed by atoms with Gasteiger partial charge >= 0.3 is 0 Å². The van der Waals surface area contributed by atoms with Crippen LogP contribution in [-0.4, -0.2) is 60.3 Å². The highest BCUT2D eigenvalue weighted by Gasteiger charge is 2.54. The Morgan fingerprint density at radius 1 is 1.17 bits per heavy atom. The second-order valence-corrected chi connectivity index (χ2v) is 6.64. The first-order chi connectivity index (χ1) is 10.9. The smallest absolute Gasteiger partial charge is 0.229 e. The van der Waals surface area contributed by atoms with Crippen molar-refractivity contribution in [1.82, 2.24) is 19.9 Å². The largest absolute Gasteiger partial charge is 0.381 e. The van der Waals surface area contributed by atoms with Gasteiger partial charge < -0.3 is 15.4 Å². The van der Waals surface area contributed by atoms with Gasteiger partial charge in [-0.05, 0) is 26.3 Å². The molecule has 1 aromatic rings. The zero-order valence-electron chi connectivity index (χ0n) is 15.2. The van der Waals surface area contributed by atoms with Crippen molar-refractivity contribution >= 4 is 11.9 Å². The highest BCUT2D eigenvalue weighted by Crippen LogP contribution is 2.51. The molecule has 0 spiro atoms. The summed E-state index contributed by atoms with van der Waals surface area (Å²) in [7, 11) is 7.75. The summed E-state index contributed by atoms with van der Waals surface area (Å²) in [6.45, 7) is 5.16. The molecule has 23 heavy (non-hydrogen) atoms. The van der Waals surface area contributed by atoms with Gasteiger partial charge in [0, 0.05) is 32.7 Å². The number of rotatable bonds is 7. The summed E-state index contributed by atoms with van der Waals surface area (Å²) in [5.41, 5.74) is 6.03. The van der Waals surface area contributed by atoms with Crippen molar-refractivity contribution in [2.75, 3.05) is 38.9 Å². The summed E-state index contributed by atoms with van der Waals surface area (Å²) in [5.74, 6) is 1.58. The van der Waals surface area contributed by atoms with Crippen LogP contribution >= 0.6 is 0 Å². The van der Waals surface area contributed by atoms with Gasteiger partial charge in [0.2, 0.25) is 11.9 Å². The van der Waals surface area contributed by atoms with Gasteiger partial charge in [-0.2, -0.15) is 15.0 Å². The van der Waals surface area contributed by atoms with Crippen LogP contribution < -0.4 is 10.6 Å². The van der Waals surface area contributed by atoms with Crippen LogP contribution in [0.25, 0.3) is 0 Å². The van der Waals surface area contributed by atoms with E-state index in [-0.39, 0.29) is 11.4 Å². The molecule has 1 aliphatic rings. The molecular weight excluding hydrogens is 292 g/mol. The Morgan fingerprint density at radius 3 is 2.35 bits per heavy atom. The molecule has 1 saturated carbocycles. The maximum atomic E-state index is 5.82. The molecule has 7 heteroatoms. The Hall–Kier alpha value is -1.47. The minimum absolute atomic E-state index is 0.215. The number of hydrogen-bond donors (Lipinski definition) is 1. The molecule has 1 aliphatic carbocycles. The van der Waals surface area contributed by atoms with Crippen LogP contribution in [0, 0.1) is 5.41 Å². The molecule has 1 fully saturated rings. The van der Waals surface area contributed by atoms with E-state index >= 15 is 0 Å². The number of anilines is 2. The molecule has 2 N–H and O–H groups in total. The highest BCUT2D eigenvalue weighted by atomic mass is 16.5. The topological polar surface area (TPSA) is 80.4 Å². The lowest BCUT2D eigenvalue weighted by Gasteiger charge is -2.58. The molecule has 0 radical (unpaired) electrons. The summed E-state index contributed by atoms with van der Waals surface area (Å²) in [4.78, 5) is 17.1. The minimum Gasteiger partial charge on any atom is -0.381 e. The fraction of sp³-hybridized carbons (Fsp3) is 0.812. The molecule has 1 aromatic heterocycles. The van der Waals surface area contributed by atoms with E-state index in [4.69, 9.17) is 10.5 Å². The number of nitrogens with zero attached hydrogens (tertiary/aromatic N) is 5. The fourth-order valence-corrected chi connectivity index (χ4v) is 3.88. The van der Waals surface area contributed by atoms with Crippen molar-refractivity contribution in [3.63, 3.8) is 0 Å². The van der Waals surface area contributed by atoms with Crippen LogP contribution in [0.15, 0.2) is 0 Å². The van der Waals surface area contributed by atoms with Gasteiger partial charge in [-0.1, -0.05) is 13.8 Å². The second-order valence-electron chi connectivity index (χ2n) is 6.64. The SMILES string of the molecule is CCC1(CC)C(OC)CC1N(C)Cc1nc(N)nc(N(C)C)n1. The number of nitrogens with two attached hydrogens (primary N) is 1. The van der Waals surface area contributed by atoms with E-state index in [1.165, 1.54) is 0 Å². The molecular formula is C16H30N6O. The molecule has 1 heterocycles. The van der Waals surface area contributed by atoms with Crippen LogP contribution in [0.4, 0.5) is 11.9 Å².